The van der Waals surface area contributed by atoms with Crippen LogP contribution in [0.3, 0.4) is 0 Å². The highest BCUT2D eigenvalue weighted by molar-refractivity contribution is 9.10. The van der Waals surface area contributed by atoms with Crippen molar-refractivity contribution in [2.24, 2.45) is 0 Å². The van der Waals surface area contributed by atoms with Crippen LogP contribution in [0.25, 0.3) is 10.1 Å². The SMILES string of the molecule is CCN(CC)CCCOc1c(Br)ccc2c(C(=O)OCc3ccccc3)c(NC(C)=O)sc12. The summed E-state index contributed by atoms with van der Waals surface area (Å²) in [6.07, 6.45) is 0.889. The van der Waals surface area contributed by atoms with E-state index in [1.165, 1.54) is 18.3 Å². The van der Waals surface area contributed by atoms with Crippen LogP contribution in [0.2, 0.25) is 0 Å². The lowest BCUT2D eigenvalue weighted by Crippen LogP contribution is -2.25. The Morgan fingerprint density at radius 2 is 1.82 bits per heavy atom. The number of carbonyl (C=O) groups is 2. The molecule has 176 valence electrons. The summed E-state index contributed by atoms with van der Waals surface area (Å²) < 4.78 is 13.3. The van der Waals surface area contributed by atoms with Gasteiger partial charge in [0.25, 0.3) is 0 Å². The van der Waals surface area contributed by atoms with Gasteiger partial charge >= 0.3 is 5.97 Å². The number of halogens is 1. The molecule has 0 saturated carbocycles. The third-order valence-electron chi connectivity index (χ3n) is 5.23. The molecular weight excluding hydrogens is 504 g/mol. The maximum atomic E-state index is 13.1. The zero-order valence-corrected chi connectivity index (χ0v) is 21.6. The van der Waals surface area contributed by atoms with Crippen molar-refractivity contribution in [2.75, 3.05) is 31.6 Å². The smallest absolute Gasteiger partial charge is 0.342 e. The Morgan fingerprint density at radius 3 is 2.48 bits per heavy atom. The molecule has 6 nitrogen and oxygen atoms in total. The third kappa shape index (κ3) is 6.56. The van der Waals surface area contributed by atoms with Crippen LogP contribution >= 0.6 is 27.3 Å². The van der Waals surface area contributed by atoms with E-state index in [2.05, 4.69) is 40.0 Å². The van der Waals surface area contributed by atoms with Crippen molar-refractivity contribution in [1.82, 2.24) is 4.90 Å². The van der Waals surface area contributed by atoms with Gasteiger partial charge in [-0.05, 0) is 47.1 Å². The van der Waals surface area contributed by atoms with Gasteiger partial charge in [0, 0.05) is 18.9 Å². The fraction of sp³-hybridized carbons (Fsp3) is 0.360. The van der Waals surface area contributed by atoms with Gasteiger partial charge in [0.1, 0.15) is 17.2 Å². The lowest BCUT2D eigenvalue weighted by molar-refractivity contribution is -0.114. The molecule has 0 aliphatic rings. The lowest BCUT2D eigenvalue weighted by atomic mass is 10.1. The molecule has 1 amide bonds. The molecule has 2 aromatic carbocycles. The number of rotatable bonds is 11. The summed E-state index contributed by atoms with van der Waals surface area (Å²) in [6, 6.07) is 13.2. The second-order valence-electron chi connectivity index (χ2n) is 7.53. The van der Waals surface area contributed by atoms with E-state index in [0.717, 1.165) is 40.8 Å². The van der Waals surface area contributed by atoms with Crippen molar-refractivity contribution in [3.63, 3.8) is 0 Å². The van der Waals surface area contributed by atoms with Crippen molar-refractivity contribution < 1.29 is 19.1 Å². The molecule has 0 spiro atoms. The molecule has 33 heavy (non-hydrogen) atoms. The van der Waals surface area contributed by atoms with Gasteiger partial charge in [0.05, 0.1) is 15.8 Å². The van der Waals surface area contributed by atoms with Crippen molar-refractivity contribution in [2.45, 2.75) is 33.8 Å². The van der Waals surface area contributed by atoms with Gasteiger partial charge in [-0.1, -0.05) is 50.2 Å². The topological polar surface area (TPSA) is 67.9 Å². The number of anilines is 1. The summed E-state index contributed by atoms with van der Waals surface area (Å²) in [6.45, 7) is 9.40. The van der Waals surface area contributed by atoms with Crippen LogP contribution < -0.4 is 10.1 Å². The molecule has 8 heteroatoms. The quantitative estimate of drug-likeness (QED) is 0.239. The molecule has 0 bridgehead atoms. The van der Waals surface area contributed by atoms with Crippen molar-refractivity contribution in [1.29, 1.82) is 0 Å². The van der Waals surface area contributed by atoms with E-state index < -0.39 is 5.97 Å². The zero-order chi connectivity index (χ0) is 23.8. The number of nitrogens with zero attached hydrogens (tertiary/aromatic N) is 1. The van der Waals surface area contributed by atoms with E-state index in [1.807, 2.05) is 42.5 Å². The molecule has 3 rings (SSSR count). The van der Waals surface area contributed by atoms with E-state index in [0.29, 0.717) is 28.3 Å². The summed E-state index contributed by atoms with van der Waals surface area (Å²) in [5, 5.41) is 3.95. The van der Waals surface area contributed by atoms with Gasteiger partial charge in [-0.15, -0.1) is 11.3 Å². The number of hydrogen-bond donors (Lipinski definition) is 1. The van der Waals surface area contributed by atoms with Gasteiger partial charge in [0.2, 0.25) is 5.91 Å². The minimum Gasteiger partial charge on any atom is -0.491 e. The Balaban J connectivity index is 1.86. The fourth-order valence-corrected chi connectivity index (χ4v) is 5.31. The number of esters is 1. The molecule has 0 aliphatic heterocycles. The summed E-state index contributed by atoms with van der Waals surface area (Å²) in [7, 11) is 0. The van der Waals surface area contributed by atoms with Gasteiger partial charge in [-0.3, -0.25) is 4.79 Å². The molecule has 1 N–H and O–H groups in total. The van der Waals surface area contributed by atoms with Crippen LogP contribution in [0, 0.1) is 0 Å². The van der Waals surface area contributed by atoms with Gasteiger partial charge in [-0.2, -0.15) is 0 Å². The standard InChI is InChI=1S/C25H29BrN2O4S/c1-4-28(5-2)14-9-15-31-22-20(26)13-12-19-21(24(27-17(3)29)33-23(19)22)25(30)32-16-18-10-7-6-8-11-18/h6-8,10-13H,4-5,9,14-16H2,1-3H3,(H,27,29). The van der Waals surface area contributed by atoms with Crippen molar-refractivity contribution in [3.8, 4) is 5.75 Å². The number of carbonyl (C=O) groups excluding carboxylic acids is 2. The normalized spacial score (nSPS) is 11.1. The number of nitrogens with one attached hydrogen (secondary N) is 1. The molecular formula is C25H29BrN2O4S. The number of thiophene rings is 1. The highest BCUT2D eigenvalue weighted by Crippen LogP contribution is 2.44. The van der Waals surface area contributed by atoms with Crippen LogP contribution in [0.15, 0.2) is 46.9 Å². The van der Waals surface area contributed by atoms with Crippen LogP contribution in [-0.4, -0.2) is 43.0 Å². The lowest BCUT2D eigenvalue weighted by Gasteiger charge is -2.18. The zero-order valence-electron chi connectivity index (χ0n) is 19.2. The van der Waals surface area contributed by atoms with Gasteiger partial charge in [-0.25, -0.2) is 4.79 Å². The number of ether oxygens (including phenoxy) is 2. The largest absolute Gasteiger partial charge is 0.491 e. The average molecular weight is 533 g/mol. The van der Waals surface area contributed by atoms with Crippen molar-refractivity contribution in [3.05, 3.63) is 58.1 Å². The monoisotopic (exact) mass is 532 g/mol. The molecule has 1 aromatic heterocycles. The Morgan fingerprint density at radius 1 is 1.09 bits per heavy atom. The summed E-state index contributed by atoms with van der Waals surface area (Å²) in [5.74, 6) is -0.0613. The molecule has 0 saturated heterocycles. The van der Waals surface area contributed by atoms with Gasteiger partial charge in [0.15, 0.2) is 5.75 Å². The van der Waals surface area contributed by atoms with E-state index in [4.69, 9.17) is 9.47 Å². The maximum absolute atomic E-state index is 13.1. The predicted octanol–water partition coefficient (Wildman–Crippen LogP) is 6.09. The molecule has 0 aliphatic carbocycles. The first kappa shape index (κ1) is 25.2. The maximum Gasteiger partial charge on any atom is 0.342 e. The van der Waals surface area contributed by atoms with E-state index >= 15 is 0 Å². The Kier molecular flexibility index (Phi) is 9.29. The first-order chi connectivity index (χ1) is 15.9. The molecule has 0 fully saturated rings. The second kappa shape index (κ2) is 12.2. The Labute approximate surface area is 207 Å². The Hall–Kier alpha value is -2.42. The summed E-state index contributed by atoms with van der Waals surface area (Å²) in [5.41, 5.74) is 1.24. The highest BCUT2D eigenvalue weighted by Gasteiger charge is 2.24. The minimum absolute atomic E-state index is 0.155. The average Bonchev–Trinajstić information content (AvgIpc) is 3.16. The van der Waals surface area contributed by atoms with Crippen LogP contribution in [0.5, 0.6) is 5.75 Å². The minimum atomic E-state index is -0.483. The Bertz CT molecular complexity index is 1100. The summed E-state index contributed by atoms with van der Waals surface area (Å²) >= 11 is 4.89. The first-order valence-electron chi connectivity index (χ1n) is 11.0. The molecule has 0 atom stereocenters. The van der Waals surface area contributed by atoms with Crippen LogP contribution in [-0.2, 0) is 16.1 Å². The first-order valence-corrected chi connectivity index (χ1v) is 12.6. The van der Waals surface area contributed by atoms with Gasteiger partial charge < -0.3 is 19.7 Å². The van der Waals surface area contributed by atoms with E-state index in [9.17, 15) is 9.59 Å². The fourth-order valence-electron chi connectivity index (χ4n) is 3.49. The third-order valence-corrected chi connectivity index (χ3v) is 6.97. The molecule has 3 aromatic rings. The number of hydrogen-bond acceptors (Lipinski definition) is 6. The molecule has 1 heterocycles. The highest BCUT2D eigenvalue weighted by atomic mass is 79.9. The van der Waals surface area contributed by atoms with Crippen molar-refractivity contribution >= 4 is 54.2 Å². The molecule has 0 unspecified atom stereocenters. The number of benzene rings is 2. The second-order valence-corrected chi connectivity index (χ2v) is 9.41. The van der Waals surface area contributed by atoms with Crippen LogP contribution in [0.1, 0.15) is 43.1 Å². The summed E-state index contributed by atoms with van der Waals surface area (Å²) in [4.78, 5) is 27.2. The predicted molar refractivity (Wildman–Crippen MR) is 137 cm³/mol. The molecule has 0 radical (unpaired) electrons. The number of amides is 1. The van der Waals surface area contributed by atoms with Crippen LogP contribution in [0.4, 0.5) is 5.00 Å². The van der Waals surface area contributed by atoms with E-state index in [-0.39, 0.29) is 12.5 Å². The number of fused-ring (bicyclic) bond motifs is 1. The van der Waals surface area contributed by atoms with E-state index in [1.54, 1.807) is 0 Å².